The molecule has 19 heavy (non-hydrogen) atoms. The first-order valence-electron chi connectivity index (χ1n) is 5.11. The highest BCUT2D eigenvalue weighted by atomic mass is 16.6. The number of non-ortho nitro benzene ring substituents is 1. The van der Waals surface area contributed by atoms with Crippen molar-refractivity contribution in [1.82, 2.24) is 4.98 Å². The number of nitrogens with zero attached hydrogens (tertiary/aromatic N) is 2. The molecule has 2 rings (SSSR count). The van der Waals surface area contributed by atoms with Crippen LogP contribution in [0.25, 0.3) is 11.3 Å². The summed E-state index contributed by atoms with van der Waals surface area (Å²) < 4.78 is 0. The maximum atomic E-state index is 11.4. The fourth-order valence-electron chi connectivity index (χ4n) is 1.57. The van der Waals surface area contributed by atoms with Gasteiger partial charge in [0.25, 0.3) is 5.69 Å². The molecule has 2 aromatic rings. The van der Waals surface area contributed by atoms with Crippen LogP contribution in [0.5, 0.6) is 0 Å². The molecule has 0 fully saturated rings. The second-order valence-electron chi connectivity index (χ2n) is 3.65. The number of rotatable bonds is 3. The van der Waals surface area contributed by atoms with E-state index in [0.717, 1.165) is 6.07 Å². The van der Waals surface area contributed by atoms with Crippen molar-refractivity contribution in [2.75, 3.05) is 0 Å². The predicted molar refractivity (Wildman–Crippen MR) is 65.8 cm³/mol. The quantitative estimate of drug-likeness (QED) is 0.667. The van der Waals surface area contributed by atoms with Gasteiger partial charge in [-0.05, 0) is 6.07 Å². The van der Waals surface area contributed by atoms with Crippen LogP contribution in [0, 0.1) is 20.2 Å². The average Bonchev–Trinajstić information content (AvgIpc) is 2.38. The lowest BCUT2D eigenvalue weighted by molar-refractivity contribution is -0.386. The van der Waals surface area contributed by atoms with E-state index in [1.807, 2.05) is 0 Å². The second-order valence-corrected chi connectivity index (χ2v) is 3.65. The van der Waals surface area contributed by atoms with Crippen LogP contribution in [-0.2, 0) is 0 Å². The molecular weight excluding hydrogens is 254 g/mol. The van der Waals surface area contributed by atoms with Crippen LogP contribution < -0.4 is 5.56 Å². The van der Waals surface area contributed by atoms with Crippen molar-refractivity contribution in [2.24, 2.45) is 0 Å². The van der Waals surface area contributed by atoms with E-state index in [2.05, 4.69) is 4.98 Å². The van der Waals surface area contributed by atoms with Crippen LogP contribution in [0.2, 0.25) is 0 Å². The van der Waals surface area contributed by atoms with Crippen LogP contribution in [0.3, 0.4) is 0 Å². The van der Waals surface area contributed by atoms with Gasteiger partial charge >= 0.3 is 11.2 Å². The lowest BCUT2D eigenvalue weighted by atomic mass is 10.1. The Morgan fingerprint density at radius 1 is 1.00 bits per heavy atom. The molecule has 1 aromatic heterocycles. The number of nitrogens with one attached hydrogen (secondary N) is 1. The average molecular weight is 261 g/mol. The van der Waals surface area contributed by atoms with E-state index in [1.54, 1.807) is 6.07 Å². The summed E-state index contributed by atoms with van der Waals surface area (Å²) in [7, 11) is 0. The van der Waals surface area contributed by atoms with Crippen molar-refractivity contribution < 1.29 is 9.85 Å². The first kappa shape index (κ1) is 12.4. The van der Waals surface area contributed by atoms with Crippen molar-refractivity contribution in [3.8, 4) is 11.3 Å². The summed E-state index contributed by atoms with van der Waals surface area (Å²) in [5, 5.41) is 21.1. The van der Waals surface area contributed by atoms with Crippen LogP contribution >= 0.6 is 0 Å². The van der Waals surface area contributed by atoms with Crippen molar-refractivity contribution >= 4 is 11.4 Å². The molecule has 0 bridgehead atoms. The largest absolute Gasteiger partial charge is 0.333 e. The number of aromatic amines is 1. The van der Waals surface area contributed by atoms with Gasteiger partial charge in [0.2, 0.25) is 0 Å². The SMILES string of the molecule is O=c1[nH]c(-c2cccc([N+](=O)[O-])c2)ccc1[N+](=O)[O-]. The first-order valence-corrected chi connectivity index (χ1v) is 5.11. The minimum atomic E-state index is -0.853. The molecule has 0 aliphatic heterocycles. The van der Waals surface area contributed by atoms with Crippen molar-refractivity contribution in [1.29, 1.82) is 0 Å². The molecule has 0 saturated carbocycles. The van der Waals surface area contributed by atoms with E-state index in [0.29, 0.717) is 5.56 Å². The summed E-state index contributed by atoms with van der Waals surface area (Å²) >= 11 is 0. The Morgan fingerprint density at radius 3 is 2.32 bits per heavy atom. The van der Waals surface area contributed by atoms with Crippen LogP contribution in [0.15, 0.2) is 41.2 Å². The molecule has 0 radical (unpaired) electrons. The third kappa shape index (κ3) is 2.46. The van der Waals surface area contributed by atoms with Crippen molar-refractivity contribution in [3.05, 3.63) is 67.0 Å². The van der Waals surface area contributed by atoms with Gasteiger partial charge < -0.3 is 4.98 Å². The van der Waals surface area contributed by atoms with E-state index >= 15 is 0 Å². The van der Waals surface area contributed by atoms with Gasteiger partial charge in [0.15, 0.2) is 0 Å². The van der Waals surface area contributed by atoms with E-state index in [1.165, 1.54) is 24.3 Å². The van der Waals surface area contributed by atoms with E-state index in [9.17, 15) is 25.0 Å². The Kier molecular flexibility index (Phi) is 3.06. The molecule has 0 amide bonds. The molecule has 1 heterocycles. The number of H-pyrrole nitrogens is 1. The van der Waals surface area contributed by atoms with E-state index in [4.69, 9.17) is 0 Å². The highest BCUT2D eigenvalue weighted by Crippen LogP contribution is 2.22. The number of hydrogen-bond acceptors (Lipinski definition) is 5. The van der Waals surface area contributed by atoms with E-state index in [-0.39, 0.29) is 11.4 Å². The molecule has 0 unspecified atom stereocenters. The van der Waals surface area contributed by atoms with Gasteiger partial charge in [-0.2, -0.15) is 0 Å². The Morgan fingerprint density at radius 2 is 1.74 bits per heavy atom. The minimum absolute atomic E-state index is 0.128. The molecule has 0 aliphatic carbocycles. The third-order valence-corrected chi connectivity index (χ3v) is 2.45. The van der Waals surface area contributed by atoms with Gasteiger partial charge in [0, 0.05) is 29.5 Å². The molecule has 1 N–H and O–H groups in total. The summed E-state index contributed by atoms with van der Waals surface area (Å²) in [6.07, 6.45) is 0. The molecule has 0 saturated heterocycles. The number of aromatic nitrogens is 1. The first-order chi connectivity index (χ1) is 8.99. The molecule has 0 atom stereocenters. The molecule has 8 nitrogen and oxygen atoms in total. The zero-order chi connectivity index (χ0) is 14.0. The Balaban J connectivity index is 2.51. The zero-order valence-corrected chi connectivity index (χ0v) is 9.40. The smallest absolute Gasteiger partial charge is 0.316 e. The lowest BCUT2D eigenvalue weighted by Crippen LogP contribution is -2.11. The standard InChI is InChI=1S/C11H7N3O5/c15-11-10(14(18)19)5-4-9(12-11)7-2-1-3-8(6-7)13(16)17/h1-6H,(H,12,15). The maximum Gasteiger partial charge on any atom is 0.333 e. The molecule has 96 valence electrons. The third-order valence-electron chi connectivity index (χ3n) is 2.45. The maximum absolute atomic E-state index is 11.4. The summed E-state index contributed by atoms with van der Waals surface area (Å²) in [6.45, 7) is 0. The number of pyridine rings is 1. The summed E-state index contributed by atoms with van der Waals surface area (Å²) in [6, 6.07) is 8.01. The molecule has 0 spiro atoms. The molecule has 0 aliphatic rings. The summed E-state index contributed by atoms with van der Waals surface area (Å²) in [5.74, 6) is 0. The predicted octanol–water partition coefficient (Wildman–Crippen LogP) is 1.86. The summed E-state index contributed by atoms with van der Waals surface area (Å²) in [5.41, 5.74) is -0.875. The second kappa shape index (κ2) is 4.69. The van der Waals surface area contributed by atoms with Crippen molar-refractivity contribution in [2.45, 2.75) is 0 Å². The molecule has 8 heteroatoms. The zero-order valence-electron chi connectivity index (χ0n) is 9.40. The van der Waals surface area contributed by atoms with Gasteiger partial charge in [-0.3, -0.25) is 25.0 Å². The minimum Gasteiger partial charge on any atom is -0.316 e. The fourth-order valence-corrected chi connectivity index (χ4v) is 1.57. The Labute approximate surface area is 105 Å². The lowest BCUT2D eigenvalue weighted by Gasteiger charge is -2.01. The fraction of sp³-hybridized carbons (Fsp3) is 0. The van der Waals surface area contributed by atoms with Crippen LogP contribution in [0.1, 0.15) is 0 Å². The van der Waals surface area contributed by atoms with Crippen LogP contribution in [0.4, 0.5) is 11.4 Å². The van der Waals surface area contributed by atoms with Gasteiger partial charge in [-0.1, -0.05) is 12.1 Å². The molecular formula is C11H7N3O5. The number of nitro groups is 2. The van der Waals surface area contributed by atoms with Gasteiger partial charge in [-0.15, -0.1) is 0 Å². The highest BCUT2D eigenvalue weighted by molar-refractivity contribution is 5.63. The number of hydrogen-bond donors (Lipinski definition) is 1. The molecule has 1 aromatic carbocycles. The Hall–Kier alpha value is -3.03. The number of nitro benzene ring substituents is 1. The van der Waals surface area contributed by atoms with Gasteiger partial charge in [-0.25, -0.2) is 0 Å². The van der Waals surface area contributed by atoms with Crippen molar-refractivity contribution in [3.63, 3.8) is 0 Å². The van der Waals surface area contributed by atoms with Gasteiger partial charge in [0.05, 0.1) is 9.85 Å². The number of benzene rings is 1. The topological polar surface area (TPSA) is 119 Å². The monoisotopic (exact) mass is 261 g/mol. The van der Waals surface area contributed by atoms with E-state index < -0.39 is 21.1 Å². The summed E-state index contributed by atoms with van der Waals surface area (Å²) in [4.78, 5) is 33.6. The van der Waals surface area contributed by atoms with Gasteiger partial charge in [0.1, 0.15) is 0 Å². The normalized spacial score (nSPS) is 10.1. The Bertz CT molecular complexity index is 722. The highest BCUT2D eigenvalue weighted by Gasteiger charge is 2.13. The van der Waals surface area contributed by atoms with Crippen LogP contribution in [-0.4, -0.2) is 14.8 Å².